The number of amides is 1. The lowest BCUT2D eigenvalue weighted by atomic mass is 10.2. The standard InChI is InChI=1S/C14H21N5O/c1-4-5-6-13(20)18-7-9-19(10-8-18)14-15-11(2)12(3)16-17-14/h4H,1,5-10H2,2-3H3. The quantitative estimate of drug-likeness (QED) is 0.770. The monoisotopic (exact) mass is 275 g/mol. The van der Waals surface area contributed by atoms with Crippen LogP contribution in [0.4, 0.5) is 5.95 Å². The Morgan fingerprint density at radius 3 is 2.50 bits per heavy atom. The van der Waals surface area contributed by atoms with Crippen molar-refractivity contribution in [1.82, 2.24) is 20.1 Å². The topological polar surface area (TPSA) is 62.2 Å². The number of rotatable bonds is 4. The van der Waals surface area contributed by atoms with Crippen molar-refractivity contribution in [2.24, 2.45) is 0 Å². The molecule has 1 aliphatic rings. The van der Waals surface area contributed by atoms with E-state index in [1.54, 1.807) is 6.08 Å². The fourth-order valence-corrected chi connectivity index (χ4v) is 2.12. The smallest absolute Gasteiger partial charge is 0.245 e. The number of carbonyl (C=O) groups is 1. The average Bonchev–Trinajstić information content (AvgIpc) is 2.48. The van der Waals surface area contributed by atoms with Gasteiger partial charge in [0, 0.05) is 32.6 Å². The van der Waals surface area contributed by atoms with Gasteiger partial charge in [-0.2, -0.15) is 5.10 Å². The van der Waals surface area contributed by atoms with Crippen molar-refractivity contribution in [1.29, 1.82) is 0 Å². The van der Waals surface area contributed by atoms with E-state index in [1.165, 1.54) is 0 Å². The Bertz CT molecular complexity index is 494. The molecular formula is C14H21N5O. The molecule has 6 heteroatoms. The second-order valence-corrected chi connectivity index (χ2v) is 4.98. The lowest BCUT2D eigenvalue weighted by molar-refractivity contribution is -0.131. The maximum atomic E-state index is 11.9. The van der Waals surface area contributed by atoms with Crippen LogP contribution >= 0.6 is 0 Å². The van der Waals surface area contributed by atoms with E-state index < -0.39 is 0 Å². The Labute approximate surface area is 119 Å². The van der Waals surface area contributed by atoms with Gasteiger partial charge in [-0.1, -0.05) is 6.08 Å². The summed E-state index contributed by atoms with van der Waals surface area (Å²) in [6.07, 6.45) is 3.07. The fraction of sp³-hybridized carbons (Fsp3) is 0.571. The maximum Gasteiger partial charge on any atom is 0.245 e. The lowest BCUT2D eigenvalue weighted by Crippen LogP contribution is -2.49. The summed E-state index contributed by atoms with van der Waals surface area (Å²) in [5, 5.41) is 8.23. The molecule has 0 bridgehead atoms. The Hall–Kier alpha value is -1.98. The maximum absolute atomic E-state index is 11.9. The third kappa shape index (κ3) is 3.31. The molecule has 6 nitrogen and oxygen atoms in total. The molecular weight excluding hydrogens is 254 g/mol. The molecule has 1 aromatic heterocycles. The minimum atomic E-state index is 0.198. The van der Waals surface area contributed by atoms with E-state index in [1.807, 2.05) is 18.7 Å². The van der Waals surface area contributed by atoms with E-state index in [9.17, 15) is 4.79 Å². The summed E-state index contributed by atoms with van der Waals surface area (Å²) in [5.41, 5.74) is 1.76. The van der Waals surface area contributed by atoms with E-state index in [2.05, 4.69) is 26.7 Å². The summed E-state index contributed by atoms with van der Waals surface area (Å²) in [6.45, 7) is 10.4. The Balaban J connectivity index is 1.92. The minimum Gasteiger partial charge on any atom is -0.339 e. The van der Waals surface area contributed by atoms with Crippen LogP contribution in [0.3, 0.4) is 0 Å². The predicted octanol–water partition coefficient (Wildman–Crippen LogP) is 1.10. The van der Waals surface area contributed by atoms with Gasteiger partial charge in [0.05, 0.1) is 11.4 Å². The van der Waals surface area contributed by atoms with E-state index in [4.69, 9.17) is 0 Å². The first-order valence-corrected chi connectivity index (χ1v) is 6.93. The molecule has 0 N–H and O–H groups in total. The van der Waals surface area contributed by atoms with Crippen molar-refractivity contribution in [2.45, 2.75) is 26.7 Å². The molecule has 0 radical (unpaired) electrons. The zero-order chi connectivity index (χ0) is 14.5. The molecule has 1 aromatic rings. The van der Waals surface area contributed by atoms with Crippen LogP contribution < -0.4 is 4.90 Å². The summed E-state index contributed by atoms with van der Waals surface area (Å²) < 4.78 is 0. The lowest BCUT2D eigenvalue weighted by Gasteiger charge is -2.34. The number of hydrogen-bond acceptors (Lipinski definition) is 5. The molecule has 0 aliphatic carbocycles. The first-order valence-electron chi connectivity index (χ1n) is 6.93. The number of anilines is 1. The fourth-order valence-electron chi connectivity index (χ4n) is 2.12. The predicted molar refractivity (Wildman–Crippen MR) is 77.5 cm³/mol. The van der Waals surface area contributed by atoms with Gasteiger partial charge in [-0.15, -0.1) is 11.7 Å². The molecule has 0 aromatic carbocycles. The summed E-state index contributed by atoms with van der Waals surface area (Å²) in [7, 11) is 0. The van der Waals surface area contributed by atoms with Gasteiger partial charge < -0.3 is 9.80 Å². The summed E-state index contributed by atoms with van der Waals surface area (Å²) >= 11 is 0. The van der Waals surface area contributed by atoms with Crippen molar-refractivity contribution < 1.29 is 4.79 Å². The van der Waals surface area contributed by atoms with E-state index in [-0.39, 0.29) is 5.91 Å². The van der Waals surface area contributed by atoms with Crippen molar-refractivity contribution in [3.8, 4) is 0 Å². The third-order valence-corrected chi connectivity index (χ3v) is 3.56. The number of allylic oxidation sites excluding steroid dienone is 1. The van der Waals surface area contributed by atoms with Crippen molar-refractivity contribution in [2.75, 3.05) is 31.1 Å². The molecule has 108 valence electrons. The molecule has 1 saturated heterocycles. The highest BCUT2D eigenvalue weighted by molar-refractivity contribution is 5.76. The highest BCUT2D eigenvalue weighted by Crippen LogP contribution is 2.12. The van der Waals surface area contributed by atoms with Crippen LogP contribution in [0.5, 0.6) is 0 Å². The van der Waals surface area contributed by atoms with Gasteiger partial charge >= 0.3 is 0 Å². The third-order valence-electron chi connectivity index (χ3n) is 3.56. The summed E-state index contributed by atoms with van der Waals surface area (Å²) in [5.74, 6) is 0.856. The van der Waals surface area contributed by atoms with Crippen LogP contribution in [-0.2, 0) is 4.79 Å². The summed E-state index contributed by atoms with van der Waals surface area (Å²) in [4.78, 5) is 20.3. The van der Waals surface area contributed by atoms with Crippen molar-refractivity contribution in [3.63, 3.8) is 0 Å². The number of hydrogen-bond donors (Lipinski definition) is 0. The molecule has 0 atom stereocenters. The van der Waals surface area contributed by atoms with Gasteiger partial charge in [-0.05, 0) is 20.3 Å². The van der Waals surface area contributed by atoms with Crippen LogP contribution in [0.15, 0.2) is 12.7 Å². The molecule has 1 fully saturated rings. The molecule has 0 saturated carbocycles. The molecule has 2 heterocycles. The van der Waals surface area contributed by atoms with Crippen LogP contribution in [0, 0.1) is 13.8 Å². The van der Waals surface area contributed by atoms with Crippen molar-refractivity contribution >= 4 is 11.9 Å². The van der Waals surface area contributed by atoms with E-state index in [0.717, 1.165) is 30.9 Å². The zero-order valence-electron chi connectivity index (χ0n) is 12.2. The zero-order valence-corrected chi connectivity index (χ0v) is 12.2. The van der Waals surface area contributed by atoms with Crippen LogP contribution in [0.2, 0.25) is 0 Å². The molecule has 20 heavy (non-hydrogen) atoms. The van der Waals surface area contributed by atoms with E-state index in [0.29, 0.717) is 25.5 Å². The number of aryl methyl sites for hydroxylation is 2. The normalized spacial score (nSPS) is 15.3. The molecule has 0 spiro atoms. The SMILES string of the molecule is C=CCCC(=O)N1CCN(c2nnc(C)c(C)n2)CC1. The van der Waals surface area contributed by atoms with Gasteiger partial charge in [-0.3, -0.25) is 4.79 Å². The minimum absolute atomic E-state index is 0.198. The van der Waals surface area contributed by atoms with Gasteiger partial charge in [0.25, 0.3) is 0 Å². The molecule has 0 unspecified atom stereocenters. The van der Waals surface area contributed by atoms with Gasteiger partial charge in [0.1, 0.15) is 0 Å². The van der Waals surface area contributed by atoms with Gasteiger partial charge in [0.2, 0.25) is 11.9 Å². The summed E-state index contributed by atoms with van der Waals surface area (Å²) in [6, 6.07) is 0. The van der Waals surface area contributed by atoms with Crippen LogP contribution in [-0.4, -0.2) is 52.2 Å². The second kappa shape index (κ2) is 6.45. The number of aromatic nitrogens is 3. The Morgan fingerprint density at radius 1 is 1.20 bits per heavy atom. The van der Waals surface area contributed by atoms with Gasteiger partial charge in [0.15, 0.2) is 0 Å². The largest absolute Gasteiger partial charge is 0.339 e. The number of nitrogens with zero attached hydrogens (tertiary/aromatic N) is 5. The number of piperazine rings is 1. The highest BCUT2D eigenvalue weighted by atomic mass is 16.2. The molecule has 1 aliphatic heterocycles. The van der Waals surface area contributed by atoms with E-state index >= 15 is 0 Å². The first-order chi connectivity index (χ1) is 9.61. The Morgan fingerprint density at radius 2 is 1.90 bits per heavy atom. The van der Waals surface area contributed by atoms with Crippen LogP contribution in [0.25, 0.3) is 0 Å². The second-order valence-electron chi connectivity index (χ2n) is 4.98. The Kier molecular flexibility index (Phi) is 4.65. The first kappa shape index (κ1) is 14.4. The number of carbonyl (C=O) groups excluding carboxylic acids is 1. The van der Waals surface area contributed by atoms with Crippen LogP contribution in [0.1, 0.15) is 24.2 Å². The van der Waals surface area contributed by atoms with Crippen molar-refractivity contribution in [3.05, 3.63) is 24.0 Å². The molecule has 2 rings (SSSR count). The average molecular weight is 275 g/mol. The van der Waals surface area contributed by atoms with Gasteiger partial charge in [-0.25, -0.2) is 4.98 Å². The highest BCUT2D eigenvalue weighted by Gasteiger charge is 2.22. The molecule has 1 amide bonds.